The Hall–Kier alpha value is -0.860. The van der Waals surface area contributed by atoms with Crippen molar-refractivity contribution in [1.29, 1.82) is 0 Å². The first-order valence-electron chi connectivity index (χ1n) is 8.73. The van der Waals surface area contributed by atoms with E-state index in [4.69, 9.17) is 4.74 Å². The van der Waals surface area contributed by atoms with Gasteiger partial charge in [0, 0.05) is 6.42 Å². The van der Waals surface area contributed by atoms with Crippen molar-refractivity contribution in [3.63, 3.8) is 0 Å². The highest BCUT2D eigenvalue weighted by Crippen LogP contribution is 2.30. The highest BCUT2D eigenvalue weighted by molar-refractivity contribution is 6.04. The molecule has 0 radical (unpaired) electrons. The molecule has 3 heteroatoms. The van der Waals surface area contributed by atoms with Gasteiger partial charge >= 0.3 is 5.97 Å². The van der Waals surface area contributed by atoms with E-state index in [1.54, 1.807) is 13.8 Å². The van der Waals surface area contributed by atoms with Crippen LogP contribution in [0.5, 0.6) is 0 Å². The van der Waals surface area contributed by atoms with Gasteiger partial charge in [-0.2, -0.15) is 0 Å². The second kappa shape index (κ2) is 9.22. The van der Waals surface area contributed by atoms with Crippen molar-refractivity contribution in [3.8, 4) is 0 Å². The summed E-state index contributed by atoms with van der Waals surface area (Å²) in [4.78, 5) is 23.7. The molecule has 0 aromatic carbocycles. The highest BCUT2D eigenvalue weighted by Gasteiger charge is 2.43. The van der Waals surface area contributed by atoms with Gasteiger partial charge in [-0.1, -0.05) is 58.3 Å². The van der Waals surface area contributed by atoms with Gasteiger partial charge in [0.25, 0.3) is 0 Å². The second-order valence-corrected chi connectivity index (χ2v) is 6.90. The predicted octanol–water partition coefficient (Wildman–Crippen LogP) is 4.82. The molecule has 3 nitrogen and oxygen atoms in total. The van der Waals surface area contributed by atoms with Gasteiger partial charge in [-0.05, 0) is 26.7 Å². The topological polar surface area (TPSA) is 43.4 Å². The molecule has 0 unspecified atom stereocenters. The van der Waals surface area contributed by atoms with Crippen molar-refractivity contribution in [3.05, 3.63) is 0 Å². The van der Waals surface area contributed by atoms with Crippen LogP contribution in [-0.2, 0) is 14.3 Å². The standard InChI is InChI=1S/C18H32O3/c1-4-5-6-7-8-9-10-11-12-13-15-14-16(19)18(2,3)17(20)21-15/h15H,4-14H2,1-3H3/t15-/m1/s1. The van der Waals surface area contributed by atoms with Crippen LogP contribution in [0.15, 0.2) is 0 Å². The van der Waals surface area contributed by atoms with E-state index < -0.39 is 5.41 Å². The minimum Gasteiger partial charge on any atom is -0.461 e. The number of unbranched alkanes of at least 4 members (excludes halogenated alkanes) is 8. The Kier molecular flexibility index (Phi) is 7.98. The maximum absolute atomic E-state index is 11.9. The Labute approximate surface area is 129 Å². The molecular formula is C18H32O3. The van der Waals surface area contributed by atoms with Crippen LogP contribution in [-0.4, -0.2) is 17.9 Å². The molecule has 0 amide bonds. The molecule has 1 aliphatic heterocycles. The molecule has 0 N–H and O–H groups in total. The third-order valence-corrected chi connectivity index (χ3v) is 4.52. The molecule has 1 rings (SSSR count). The monoisotopic (exact) mass is 296 g/mol. The fourth-order valence-corrected chi connectivity index (χ4v) is 2.76. The molecule has 1 heterocycles. The van der Waals surface area contributed by atoms with Crippen LogP contribution in [0.1, 0.15) is 91.4 Å². The van der Waals surface area contributed by atoms with Gasteiger partial charge in [0.2, 0.25) is 0 Å². The minimum absolute atomic E-state index is 0.0275. The number of carbonyl (C=O) groups is 2. The van der Waals surface area contributed by atoms with Crippen molar-refractivity contribution in [2.75, 3.05) is 0 Å². The van der Waals surface area contributed by atoms with Crippen molar-refractivity contribution >= 4 is 11.8 Å². The van der Waals surface area contributed by atoms with E-state index in [-0.39, 0.29) is 17.9 Å². The Morgan fingerprint density at radius 2 is 1.48 bits per heavy atom. The quantitative estimate of drug-likeness (QED) is 0.330. The highest BCUT2D eigenvalue weighted by atomic mass is 16.5. The number of hydrogen-bond acceptors (Lipinski definition) is 3. The second-order valence-electron chi connectivity index (χ2n) is 6.90. The van der Waals surface area contributed by atoms with E-state index in [2.05, 4.69) is 6.92 Å². The lowest BCUT2D eigenvalue weighted by atomic mass is 9.82. The van der Waals surface area contributed by atoms with Crippen LogP contribution < -0.4 is 0 Å². The number of hydrogen-bond donors (Lipinski definition) is 0. The average molecular weight is 296 g/mol. The predicted molar refractivity (Wildman–Crippen MR) is 85.1 cm³/mol. The molecule has 0 saturated carbocycles. The molecule has 0 spiro atoms. The number of esters is 1. The third kappa shape index (κ3) is 6.19. The molecule has 1 saturated heterocycles. The molecule has 0 aliphatic carbocycles. The Morgan fingerprint density at radius 1 is 0.952 bits per heavy atom. The van der Waals surface area contributed by atoms with E-state index in [1.807, 2.05) is 0 Å². The van der Waals surface area contributed by atoms with Gasteiger partial charge in [0.05, 0.1) is 0 Å². The minimum atomic E-state index is -0.936. The molecule has 1 aliphatic rings. The molecule has 0 aromatic heterocycles. The number of Topliss-reactive ketones (excluding diaryl/α,β-unsaturated/α-hetero) is 1. The van der Waals surface area contributed by atoms with E-state index >= 15 is 0 Å². The number of rotatable bonds is 10. The molecule has 122 valence electrons. The summed E-state index contributed by atoms with van der Waals surface area (Å²) in [6.45, 7) is 5.56. The van der Waals surface area contributed by atoms with Gasteiger partial charge in [0.15, 0.2) is 5.78 Å². The number of ketones is 1. The average Bonchev–Trinajstić information content (AvgIpc) is 2.43. The lowest BCUT2D eigenvalue weighted by Crippen LogP contribution is -2.44. The first kappa shape index (κ1) is 18.2. The van der Waals surface area contributed by atoms with Crippen molar-refractivity contribution in [1.82, 2.24) is 0 Å². The fraction of sp³-hybridized carbons (Fsp3) is 0.889. The van der Waals surface area contributed by atoms with Gasteiger partial charge in [0.1, 0.15) is 11.5 Å². The largest absolute Gasteiger partial charge is 0.461 e. The molecule has 0 aromatic rings. The van der Waals surface area contributed by atoms with Gasteiger partial charge < -0.3 is 4.74 Å². The zero-order valence-corrected chi connectivity index (χ0v) is 14.1. The first-order valence-corrected chi connectivity index (χ1v) is 8.73. The van der Waals surface area contributed by atoms with Crippen molar-refractivity contribution < 1.29 is 14.3 Å². The van der Waals surface area contributed by atoms with Crippen LogP contribution in [0.2, 0.25) is 0 Å². The summed E-state index contributed by atoms with van der Waals surface area (Å²) in [6, 6.07) is 0. The summed E-state index contributed by atoms with van der Waals surface area (Å²) in [7, 11) is 0. The zero-order chi connectivity index (χ0) is 15.7. The van der Waals surface area contributed by atoms with Crippen LogP contribution >= 0.6 is 0 Å². The Bertz CT molecular complexity index is 313. The van der Waals surface area contributed by atoms with Crippen LogP contribution in [0.3, 0.4) is 0 Å². The van der Waals surface area contributed by atoms with Crippen LogP contribution in [0.25, 0.3) is 0 Å². The molecular weight excluding hydrogens is 264 g/mol. The Balaban J connectivity index is 2.04. The van der Waals surface area contributed by atoms with Gasteiger partial charge in [-0.3, -0.25) is 9.59 Å². The molecule has 0 bridgehead atoms. The van der Waals surface area contributed by atoms with Crippen molar-refractivity contribution in [2.24, 2.45) is 5.41 Å². The zero-order valence-electron chi connectivity index (χ0n) is 14.1. The molecule has 1 fully saturated rings. The third-order valence-electron chi connectivity index (χ3n) is 4.52. The summed E-state index contributed by atoms with van der Waals surface area (Å²) in [6.07, 6.45) is 12.6. The molecule has 1 atom stereocenters. The summed E-state index contributed by atoms with van der Waals surface area (Å²) in [5.74, 6) is -0.320. The summed E-state index contributed by atoms with van der Waals surface area (Å²) in [5, 5.41) is 0. The summed E-state index contributed by atoms with van der Waals surface area (Å²) < 4.78 is 5.38. The normalized spacial score (nSPS) is 21.4. The van der Waals surface area contributed by atoms with E-state index in [0.29, 0.717) is 6.42 Å². The van der Waals surface area contributed by atoms with E-state index in [1.165, 1.54) is 51.4 Å². The smallest absolute Gasteiger partial charge is 0.319 e. The van der Waals surface area contributed by atoms with Crippen LogP contribution in [0.4, 0.5) is 0 Å². The SMILES string of the molecule is CCCCCCCCCCC[C@@H]1CC(=O)C(C)(C)C(=O)O1. The number of carbonyl (C=O) groups excluding carboxylic acids is 2. The van der Waals surface area contributed by atoms with Gasteiger partial charge in [-0.25, -0.2) is 0 Å². The number of ether oxygens (including phenoxy) is 1. The lowest BCUT2D eigenvalue weighted by molar-refractivity contribution is -0.172. The maximum Gasteiger partial charge on any atom is 0.319 e. The van der Waals surface area contributed by atoms with Crippen molar-refractivity contribution in [2.45, 2.75) is 97.5 Å². The summed E-state index contributed by atoms with van der Waals surface area (Å²) in [5.41, 5.74) is -0.936. The lowest BCUT2D eigenvalue weighted by Gasteiger charge is -2.31. The van der Waals surface area contributed by atoms with E-state index in [9.17, 15) is 9.59 Å². The Morgan fingerprint density at radius 3 is 2.00 bits per heavy atom. The fourth-order valence-electron chi connectivity index (χ4n) is 2.76. The summed E-state index contributed by atoms with van der Waals surface area (Å²) >= 11 is 0. The van der Waals surface area contributed by atoms with E-state index in [0.717, 1.165) is 12.8 Å². The molecule has 21 heavy (non-hydrogen) atoms. The maximum atomic E-state index is 11.9. The van der Waals surface area contributed by atoms with Crippen LogP contribution in [0, 0.1) is 5.41 Å². The number of cyclic esters (lactones) is 1. The first-order chi connectivity index (χ1) is 9.98. The van der Waals surface area contributed by atoms with Gasteiger partial charge in [-0.15, -0.1) is 0 Å².